The van der Waals surface area contributed by atoms with E-state index in [2.05, 4.69) is 4.98 Å². The van der Waals surface area contributed by atoms with Crippen LogP contribution >= 0.6 is 11.3 Å². The molecule has 1 N–H and O–H groups in total. The molecule has 0 radical (unpaired) electrons. The fourth-order valence-corrected chi connectivity index (χ4v) is 6.50. The highest BCUT2D eigenvalue weighted by molar-refractivity contribution is 7.91. The number of benzene rings is 1. The molecule has 3 heterocycles. The van der Waals surface area contributed by atoms with Gasteiger partial charge in [-0.1, -0.05) is 23.5 Å². The minimum absolute atomic E-state index is 0.0192. The van der Waals surface area contributed by atoms with Gasteiger partial charge in [0.2, 0.25) is 5.91 Å². The number of hydrogen-bond acceptors (Lipinski definition) is 6. The van der Waals surface area contributed by atoms with E-state index in [4.69, 9.17) is 4.42 Å². The van der Waals surface area contributed by atoms with E-state index in [0.29, 0.717) is 40.5 Å². The van der Waals surface area contributed by atoms with Gasteiger partial charge in [0.1, 0.15) is 17.3 Å². The zero-order chi connectivity index (χ0) is 22.9. The number of aromatic nitrogens is 1. The summed E-state index contributed by atoms with van der Waals surface area (Å²) in [6.45, 7) is 2.43. The number of H-pyrrole nitrogens is 1. The second-order valence-corrected chi connectivity index (χ2v) is 10.6. The molecule has 4 rings (SSSR count). The van der Waals surface area contributed by atoms with Crippen molar-refractivity contribution >= 4 is 27.3 Å². The molecule has 0 saturated carbocycles. The first-order valence-corrected chi connectivity index (χ1v) is 12.3. The maximum absolute atomic E-state index is 13.9. The Hall–Kier alpha value is -2.76. The van der Waals surface area contributed by atoms with Crippen LogP contribution in [-0.4, -0.2) is 54.7 Å². The predicted molar refractivity (Wildman–Crippen MR) is 117 cm³/mol. The average molecular weight is 480 g/mol. The van der Waals surface area contributed by atoms with E-state index in [0.717, 1.165) is 0 Å². The molecule has 1 fully saturated rings. The molecule has 0 spiro atoms. The SMILES string of the molecule is Cc1[nH]c(=O)sc1S(=O)(=O)N1CCN(C(=O)CCc2ccc(-c3ccccc3F)o2)CC1. The number of amides is 1. The molecule has 1 aliphatic rings. The summed E-state index contributed by atoms with van der Waals surface area (Å²) in [5.41, 5.74) is 0.691. The van der Waals surface area contributed by atoms with E-state index < -0.39 is 14.9 Å². The number of aromatic amines is 1. The molecule has 1 aromatic carbocycles. The monoisotopic (exact) mass is 479 g/mol. The van der Waals surface area contributed by atoms with Gasteiger partial charge < -0.3 is 14.3 Å². The smallest absolute Gasteiger partial charge is 0.305 e. The Bertz CT molecular complexity index is 1290. The molecule has 0 bridgehead atoms. The zero-order valence-corrected chi connectivity index (χ0v) is 19.0. The van der Waals surface area contributed by atoms with Gasteiger partial charge in [-0.15, -0.1) is 0 Å². The van der Waals surface area contributed by atoms with Crippen molar-refractivity contribution in [3.8, 4) is 11.3 Å². The molecular weight excluding hydrogens is 457 g/mol. The summed E-state index contributed by atoms with van der Waals surface area (Å²) >= 11 is 0.674. The molecule has 1 saturated heterocycles. The van der Waals surface area contributed by atoms with Crippen molar-refractivity contribution in [3.63, 3.8) is 0 Å². The summed E-state index contributed by atoms with van der Waals surface area (Å²) in [5, 5.41) is 0. The van der Waals surface area contributed by atoms with E-state index in [1.807, 2.05) is 0 Å². The molecule has 2 aromatic heterocycles. The lowest BCUT2D eigenvalue weighted by atomic mass is 10.1. The van der Waals surface area contributed by atoms with Crippen LogP contribution in [0.25, 0.3) is 11.3 Å². The van der Waals surface area contributed by atoms with Crippen LogP contribution in [0.4, 0.5) is 4.39 Å². The first-order chi connectivity index (χ1) is 15.3. The molecule has 1 aliphatic heterocycles. The Balaban J connectivity index is 1.32. The Morgan fingerprint density at radius 2 is 1.88 bits per heavy atom. The van der Waals surface area contributed by atoms with Gasteiger partial charge in [-0.2, -0.15) is 4.31 Å². The molecule has 170 valence electrons. The van der Waals surface area contributed by atoms with Crippen LogP contribution in [0.3, 0.4) is 0 Å². The van der Waals surface area contributed by atoms with Gasteiger partial charge in [-0.05, 0) is 31.2 Å². The molecule has 11 heteroatoms. The average Bonchev–Trinajstić information content (AvgIpc) is 3.38. The second-order valence-electron chi connectivity index (χ2n) is 7.46. The molecule has 3 aromatic rings. The van der Waals surface area contributed by atoms with Gasteiger partial charge in [-0.25, -0.2) is 12.8 Å². The van der Waals surface area contributed by atoms with Gasteiger partial charge in [0, 0.05) is 44.7 Å². The van der Waals surface area contributed by atoms with E-state index in [-0.39, 0.29) is 48.5 Å². The topological polar surface area (TPSA) is 104 Å². The van der Waals surface area contributed by atoms with Crippen LogP contribution < -0.4 is 4.87 Å². The van der Waals surface area contributed by atoms with Crippen LogP contribution in [0.5, 0.6) is 0 Å². The van der Waals surface area contributed by atoms with Crippen LogP contribution in [0.2, 0.25) is 0 Å². The largest absolute Gasteiger partial charge is 0.461 e. The number of nitrogens with one attached hydrogen (secondary N) is 1. The van der Waals surface area contributed by atoms with Crippen LogP contribution in [-0.2, 0) is 21.2 Å². The molecule has 8 nitrogen and oxygen atoms in total. The zero-order valence-electron chi connectivity index (χ0n) is 17.3. The third-order valence-corrected chi connectivity index (χ3v) is 8.81. The Labute approximate surface area is 188 Å². The number of hydrogen-bond donors (Lipinski definition) is 1. The standard InChI is InChI=1S/C21H22FN3O5S2/c1-14-20(31-21(27)23-14)32(28,29)25-12-10-24(11-13-25)19(26)9-7-15-6-8-18(30-15)16-4-2-3-5-17(16)22/h2-6,8H,7,9-13H2,1H3,(H,23,27). The molecular formula is C21H22FN3O5S2. The lowest BCUT2D eigenvalue weighted by Gasteiger charge is -2.33. The summed E-state index contributed by atoms with van der Waals surface area (Å²) in [7, 11) is -3.77. The number of sulfonamides is 1. The Kier molecular flexibility index (Phi) is 6.31. The van der Waals surface area contributed by atoms with Gasteiger partial charge in [0.25, 0.3) is 10.0 Å². The summed E-state index contributed by atoms with van der Waals surface area (Å²) in [6, 6.07) is 9.72. The summed E-state index contributed by atoms with van der Waals surface area (Å²) in [4.78, 5) is 27.8. The highest BCUT2D eigenvalue weighted by atomic mass is 32.2. The van der Waals surface area contributed by atoms with Crippen LogP contribution in [0.1, 0.15) is 17.9 Å². The van der Waals surface area contributed by atoms with Gasteiger partial charge in [-0.3, -0.25) is 9.59 Å². The third-order valence-electron chi connectivity index (χ3n) is 5.33. The van der Waals surface area contributed by atoms with E-state index in [1.165, 1.54) is 10.4 Å². The van der Waals surface area contributed by atoms with Crippen LogP contribution in [0.15, 0.2) is 49.8 Å². The lowest BCUT2D eigenvalue weighted by Crippen LogP contribution is -2.50. The second kappa shape index (κ2) is 9.00. The quantitative estimate of drug-likeness (QED) is 0.585. The Morgan fingerprint density at radius 3 is 2.53 bits per heavy atom. The summed E-state index contributed by atoms with van der Waals surface area (Å²) < 4.78 is 46.5. The molecule has 1 amide bonds. The van der Waals surface area contributed by atoms with Crippen molar-refractivity contribution in [3.05, 3.63) is 63.3 Å². The van der Waals surface area contributed by atoms with Crippen molar-refractivity contribution in [2.45, 2.75) is 24.0 Å². The first kappa shape index (κ1) is 22.4. The van der Waals surface area contributed by atoms with Crippen molar-refractivity contribution in [2.75, 3.05) is 26.2 Å². The normalized spacial score (nSPS) is 15.2. The minimum Gasteiger partial charge on any atom is -0.461 e. The highest BCUT2D eigenvalue weighted by Gasteiger charge is 2.32. The maximum atomic E-state index is 13.9. The fraction of sp³-hybridized carbons (Fsp3) is 0.333. The number of piperazine rings is 1. The van der Waals surface area contributed by atoms with Crippen molar-refractivity contribution in [1.29, 1.82) is 0 Å². The number of thiazole rings is 1. The van der Waals surface area contributed by atoms with Crippen LogP contribution in [0, 0.1) is 12.7 Å². The summed E-state index contributed by atoms with van der Waals surface area (Å²) in [5.74, 6) is 0.509. The van der Waals surface area contributed by atoms with Crippen molar-refractivity contribution in [1.82, 2.24) is 14.2 Å². The number of nitrogens with zero attached hydrogens (tertiary/aromatic N) is 2. The maximum Gasteiger partial charge on any atom is 0.305 e. The predicted octanol–water partition coefficient (Wildman–Crippen LogP) is 2.61. The molecule has 32 heavy (non-hydrogen) atoms. The first-order valence-electron chi connectivity index (χ1n) is 10.1. The number of furan rings is 1. The van der Waals surface area contributed by atoms with Gasteiger partial charge >= 0.3 is 4.87 Å². The van der Waals surface area contributed by atoms with E-state index in [9.17, 15) is 22.4 Å². The molecule has 0 aliphatic carbocycles. The Morgan fingerprint density at radius 1 is 1.16 bits per heavy atom. The molecule has 0 unspecified atom stereocenters. The highest BCUT2D eigenvalue weighted by Crippen LogP contribution is 2.26. The third kappa shape index (κ3) is 4.54. The fourth-order valence-electron chi connectivity index (χ4n) is 3.64. The van der Waals surface area contributed by atoms with Crippen molar-refractivity contribution < 1.29 is 22.0 Å². The minimum atomic E-state index is -3.77. The summed E-state index contributed by atoms with van der Waals surface area (Å²) in [6.07, 6.45) is 0.567. The van der Waals surface area contributed by atoms with E-state index in [1.54, 1.807) is 42.2 Å². The number of aryl methyl sites for hydroxylation is 2. The van der Waals surface area contributed by atoms with Gasteiger partial charge in [0.05, 0.1) is 5.56 Å². The van der Waals surface area contributed by atoms with Crippen molar-refractivity contribution in [2.24, 2.45) is 0 Å². The number of halogens is 1. The lowest BCUT2D eigenvalue weighted by molar-refractivity contribution is -0.132. The van der Waals surface area contributed by atoms with E-state index >= 15 is 0 Å². The number of carbonyl (C=O) groups is 1. The van der Waals surface area contributed by atoms with Gasteiger partial charge in [0.15, 0.2) is 4.21 Å². The number of rotatable bonds is 6. The number of carbonyl (C=O) groups excluding carboxylic acids is 1. The molecule has 0 atom stereocenters.